The Bertz CT molecular complexity index is 708. The van der Waals surface area contributed by atoms with Gasteiger partial charge in [-0.3, -0.25) is 14.4 Å². The van der Waals surface area contributed by atoms with Gasteiger partial charge in [-0.05, 0) is 81.6 Å². The highest BCUT2D eigenvalue weighted by Gasteiger charge is 2.26. The molecule has 1 aromatic rings. The molecular formula is C15H18I3N3O4. The Morgan fingerprint density at radius 3 is 2.04 bits per heavy atom. The highest BCUT2D eigenvalue weighted by atomic mass is 127. The summed E-state index contributed by atoms with van der Waals surface area (Å²) in [4.78, 5) is 35.8. The lowest BCUT2D eigenvalue weighted by molar-refractivity contribution is -0.140. The van der Waals surface area contributed by atoms with E-state index >= 15 is 0 Å². The largest absolute Gasteiger partial charge is 0.464 e. The number of rotatable bonds is 6. The fourth-order valence-corrected chi connectivity index (χ4v) is 6.01. The quantitative estimate of drug-likeness (QED) is 0.185. The maximum atomic E-state index is 12.5. The monoisotopic (exact) mass is 685 g/mol. The zero-order valence-corrected chi connectivity index (χ0v) is 20.3. The SMILES string of the molecule is CC(=O)OCCNC(=O)c1c(I)c(N)c(I)c(C(=O)NC(C)C)c1I. The Morgan fingerprint density at radius 1 is 1.04 bits per heavy atom. The average molecular weight is 685 g/mol. The standard InChI is InChI=1S/C15H18I3N3O4/c1-6(2)21-15(24)9-10(16)8(11(17)13(19)12(9)18)14(23)20-4-5-25-7(3)22/h6H,4-5,19H2,1-3H3,(H,20,23)(H,21,24). The first kappa shape index (κ1) is 22.7. The summed E-state index contributed by atoms with van der Waals surface area (Å²) in [7, 11) is 0. The normalized spacial score (nSPS) is 10.5. The number of hydrogen-bond donors (Lipinski definition) is 3. The molecule has 0 fully saturated rings. The fourth-order valence-electron chi connectivity index (χ4n) is 1.86. The van der Waals surface area contributed by atoms with Gasteiger partial charge in [0.05, 0.1) is 30.5 Å². The summed E-state index contributed by atoms with van der Waals surface area (Å²) in [5, 5.41) is 5.50. The van der Waals surface area contributed by atoms with Crippen LogP contribution < -0.4 is 16.4 Å². The minimum atomic E-state index is -0.412. The van der Waals surface area contributed by atoms with Crippen LogP contribution in [0.4, 0.5) is 5.69 Å². The highest BCUT2D eigenvalue weighted by molar-refractivity contribution is 14.1. The molecule has 0 saturated carbocycles. The van der Waals surface area contributed by atoms with E-state index in [1.807, 2.05) is 81.6 Å². The predicted octanol–water partition coefficient (Wildman–Crippen LogP) is 2.51. The summed E-state index contributed by atoms with van der Waals surface area (Å²) in [6.07, 6.45) is 0. The maximum absolute atomic E-state index is 12.5. The van der Waals surface area contributed by atoms with E-state index in [0.29, 0.717) is 27.5 Å². The first-order valence-electron chi connectivity index (χ1n) is 7.26. The van der Waals surface area contributed by atoms with E-state index in [1.165, 1.54) is 6.92 Å². The summed E-state index contributed by atoms with van der Waals surface area (Å²) in [5.41, 5.74) is 7.23. The number of esters is 1. The Labute approximate surface area is 187 Å². The third-order valence-corrected chi connectivity index (χ3v) is 6.24. The molecule has 0 aliphatic rings. The van der Waals surface area contributed by atoms with E-state index in [4.69, 9.17) is 10.5 Å². The van der Waals surface area contributed by atoms with Crippen LogP contribution in [0.25, 0.3) is 0 Å². The lowest BCUT2D eigenvalue weighted by atomic mass is 10.1. The third-order valence-electron chi connectivity index (χ3n) is 2.92. The topological polar surface area (TPSA) is 111 Å². The van der Waals surface area contributed by atoms with Gasteiger partial charge in [-0.15, -0.1) is 0 Å². The first-order chi connectivity index (χ1) is 11.6. The van der Waals surface area contributed by atoms with E-state index in [2.05, 4.69) is 10.6 Å². The Kier molecular flexibility index (Phi) is 9.14. The van der Waals surface area contributed by atoms with Crippen LogP contribution in [0.5, 0.6) is 0 Å². The number of halogens is 3. The molecule has 1 rings (SSSR count). The number of carbonyl (C=O) groups excluding carboxylic acids is 3. The van der Waals surface area contributed by atoms with Gasteiger partial charge in [-0.2, -0.15) is 0 Å². The van der Waals surface area contributed by atoms with Crippen molar-refractivity contribution in [2.45, 2.75) is 26.8 Å². The minimum Gasteiger partial charge on any atom is -0.464 e. The molecule has 0 unspecified atom stereocenters. The molecular weight excluding hydrogens is 667 g/mol. The van der Waals surface area contributed by atoms with E-state index in [0.717, 1.165) is 0 Å². The van der Waals surface area contributed by atoms with Crippen molar-refractivity contribution in [1.82, 2.24) is 10.6 Å². The molecule has 0 aliphatic carbocycles. The van der Waals surface area contributed by atoms with Crippen LogP contribution >= 0.6 is 67.8 Å². The van der Waals surface area contributed by atoms with Gasteiger partial charge in [0.2, 0.25) is 0 Å². The lowest BCUT2D eigenvalue weighted by Gasteiger charge is -2.18. The molecule has 0 heterocycles. The van der Waals surface area contributed by atoms with Crippen LogP contribution in [0, 0.1) is 10.7 Å². The minimum absolute atomic E-state index is 0.0411. The van der Waals surface area contributed by atoms with Crippen molar-refractivity contribution >= 4 is 91.2 Å². The smallest absolute Gasteiger partial charge is 0.302 e. The maximum Gasteiger partial charge on any atom is 0.302 e. The highest BCUT2D eigenvalue weighted by Crippen LogP contribution is 2.33. The molecule has 0 aromatic heterocycles. The van der Waals surface area contributed by atoms with Crippen molar-refractivity contribution in [2.75, 3.05) is 18.9 Å². The summed E-state index contributed by atoms with van der Waals surface area (Å²) in [6, 6.07) is -0.0411. The number of amides is 2. The van der Waals surface area contributed by atoms with Crippen LogP contribution in [0.3, 0.4) is 0 Å². The van der Waals surface area contributed by atoms with Crippen LogP contribution in [0.2, 0.25) is 0 Å². The van der Waals surface area contributed by atoms with Crippen LogP contribution in [0.1, 0.15) is 41.5 Å². The molecule has 0 aliphatic heterocycles. The molecule has 2 amide bonds. The molecule has 0 radical (unpaired) electrons. The molecule has 0 bridgehead atoms. The van der Waals surface area contributed by atoms with Crippen molar-refractivity contribution in [3.63, 3.8) is 0 Å². The molecule has 0 atom stereocenters. The molecule has 1 aromatic carbocycles. The number of hydrogen-bond acceptors (Lipinski definition) is 5. The zero-order valence-electron chi connectivity index (χ0n) is 13.8. The number of nitrogen functional groups attached to an aromatic ring is 1. The van der Waals surface area contributed by atoms with Gasteiger partial charge in [-0.25, -0.2) is 0 Å². The number of carbonyl (C=O) groups is 3. The summed E-state index contributed by atoms with van der Waals surface area (Å²) < 4.78 is 6.51. The Balaban J connectivity index is 3.18. The van der Waals surface area contributed by atoms with Gasteiger partial charge in [0, 0.05) is 16.5 Å². The molecule has 7 nitrogen and oxygen atoms in total. The second-order valence-corrected chi connectivity index (χ2v) is 8.57. The lowest BCUT2D eigenvalue weighted by Crippen LogP contribution is -2.34. The van der Waals surface area contributed by atoms with Crippen LogP contribution in [-0.4, -0.2) is 37.0 Å². The zero-order chi connectivity index (χ0) is 19.3. The van der Waals surface area contributed by atoms with Crippen LogP contribution in [0.15, 0.2) is 0 Å². The fraction of sp³-hybridized carbons (Fsp3) is 0.400. The predicted molar refractivity (Wildman–Crippen MR) is 121 cm³/mol. The molecule has 138 valence electrons. The van der Waals surface area contributed by atoms with Gasteiger partial charge in [0.1, 0.15) is 6.61 Å². The second kappa shape index (κ2) is 10.1. The number of nitrogens with two attached hydrogens (primary N) is 1. The first-order valence-corrected chi connectivity index (χ1v) is 10.5. The number of nitrogens with one attached hydrogen (secondary N) is 2. The van der Waals surface area contributed by atoms with Crippen molar-refractivity contribution in [1.29, 1.82) is 0 Å². The second-order valence-electron chi connectivity index (χ2n) is 5.33. The molecule has 0 saturated heterocycles. The number of benzene rings is 1. The summed E-state index contributed by atoms with van der Waals surface area (Å²) in [6.45, 7) is 5.26. The van der Waals surface area contributed by atoms with Crippen LogP contribution in [-0.2, 0) is 9.53 Å². The van der Waals surface area contributed by atoms with E-state index in [9.17, 15) is 14.4 Å². The van der Waals surface area contributed by atoms with E-state index in [-0.39, 0.29) is 31.0 Å². The van der Waals surface area contributed by atoms with Gasteiger partial charge in [-0.1, -0.05) is 0 Å². The van der Waals surface area contributed by atoms with Crippen molar-refractivity contribution in [3.05, 3.63) is 21.8 Å². The van der Waals surface area contributed by atoms with E-state index < -0.39 is 5.97 Å². The molecule has 4 N–H and O–H groups in total. The Hall–Kier alpha value is -0.380. The Morgan fingerprint density at radius 2 is 1.56 bits per heavy atom. The third kappa shape index (κ3) is 6.08. The molecule has 10 heteroatoms. The summed E-state index contributed by atoms with van der Waals surface area (Å²) >= 11 is 6.00. The molecule has 25 heavy (non-hydrogen) atoms. The van der Waals surface area contributed by atoms with Crippen molar-refractivity contribution in [2.24, 2.45) is 0 Å². The van der Waals surface area contributed by atoms with Gasteiger partial charge in [0.25, 0.3) is 11.8 Å². The van der Waals surface area contributed by atoms with Gasteiger partial charge in [0.15, 0.2) is 0 Å². The van der Waals surface area contributed by atoms with E-state index in [1.54, 1.807) is 0 Å². The number of ether oxygens (including phenoxy) is 1. The molecule has 0 spiro atoms. The van der Waals surface area contributed by atoms with Gasteiger partial charge >= 0.3 is 5.97 Å². The van der Waals surface area contributed by atoms with Crippen molar-refractivity contribution in [3.8, 4) is 0 Å². The van der Waals surface area contributed by atoms with Gasteiger partial charge < -0.3 is 21.1 Å². The average Bonchev–Trinajstić information content (AvgIpc) is 2.48. The summed E-state index contributed by atoms with van der Waals surface area (Å²) in [5.74, 6) is -1.06. The number of anilines is 1. The van der Waals surface area contributed by atoms with Crippen molar-refractivity contribution < 1.29 is 19.1 Å².